The van der Waals surface area contributed by atoms with E-state index < -0.39 is 0 Å². The molecule has 0 saturated heterocycles. The molecule has 0 saturated carbocycles. The number of hydrogen-bond acceptors (Lipinski definition) is 7. The van der Waals surface area contributed by atoms with Gasteiger partial charge in [0.2, 0.25) is 5.16 Å². The number of benzene rings is 2. The molecule has 0 radical (unpaired) electrons. The van der Waals surface area contributed by atoms with E-state index in [1.165, 1.54) is 11.8 Å². The van der Waals surface area contributed by atoms with Crippen molar-refractivity contribution in [2.24, 2.45) is 0 Å². The molecule has 0 amide bonds. The van der Waals surface area contributed by atoms with Crippen LogP contribution in [-0.2, 0) is 0 Å². The number of para-hydroxylation sites is 2. The second kappa shape index (κ2) is 9.10. The first kappa shape index (κ1) is 18.1. The van der Waals surface area contributed by atoms with Crippen LogP contribution in [0.25, 0.3) is 5.69 Å². The maximum absolute atomic E-state index is 5.75. The van der Waals surface area contributed by atoms with E-state index in [1.807, 2.05) is 55.5 Å². The summed E-state index contributed by atoms with van der Waals surface area (Å²) in [5, 5.41) is 12.6. The van der Waals surface area contributed by atoms with E-state index in [0.29, 0.717) is 29.9 Å². The Bertz CT molecular complexity index is 823. The lowest BCUT2D eigenvalue weighted by atomic mass is 10.3. The molecule has 0 N–H and O–H groups in total. The summed E-state index contributed by atoms with van der Waals surface area (Å²) < 4.78 is 18.2. The van der Waals surface area contributed by atoms with Crippen LogP contribution >= 0.6 is 11.8 Å². The molecule has 0 spiro atoms. The van der Waals surface area contributed by atoms with Crippen LogP contribution in [0.15, 0.2) is 53.7 Å². The first-order valence-corrected chi connectivity index (χ1v) is 9.20. The van der Waals surface area contributed by atoms with Crippen LogP contribution in [0.2, 0.25) is 0 Å². The number of ether oxygens (including phenoxy) is 3. The standard InChI is InChI=1S/C18H20N4O3S/c1-3-24-14-8-10-15(11-9-14)25-12-13-26-18-19-20-21-22(18)16-6-4-5-7-17(16)23-2/h4-11H,3,12-13H2,1-2H3. The number of tetrazole rings is 1. The predicted octanol–water partition coefficient (Wildman–Crippen LogP) is 3.24. The van der Waals surface area contributed by atoms with E-state index in [4.69, 9.17) is 14.2 Å². The van der Waals surface area contributed by atoms with Crippen molar-refractivity contribution in [2.75, 3.05) is 26.1 Å². The minimum atomic E-state index is 0.539. The van der Waals surface area contributed by atoms with Crippen molar-refractivity contribution < 1.29 is 14.2 Å². The molecule has 0 unspecified atom stereocenters. The van der Waals surface area contributed by atoms with Gasteiger partial charge in [-0.25, -0.2) is 0 Å². The molecule has 3 rings (SSSR count). The third kappa shape index (κ3) is 4.45. The Morgan fingerprint density at radius 3 is 2.46 bits per heavy atom. The summed E-state index contributed by atoms with van der Waals surface area (Å²) in [5.41, 5.74) is 0.801. The van der Waals surface area contributed by atoms with Gasteiger partial charge in [0, 0.05) is 5.75 Å². The zero-order valence-electron chi connectivity index (χ0n) is 14.7. The van der Waals surface area contributed by atoms with Gasteiger partial charge in [0.15, 0.2) is 0 Å². The maximum atomic E-state index is 5.75. The Morgan fingerprint density at radius 1 is 1.00 bits per heavy atom. The summed E-state index contributed by atoms with van der Waals surface area (Å²) in [6.07, 6.45) is 0. The maximum Gasteiger partial charge on any atom is 0.214 e. The number of methoxy groups -OCH3 is 1. The topological polar surface area (TPSA) is 71.3 Å². The Kier molecular flexibility index (Phi) is 6.32. The molecule has 2 aromatic carbocycles. The van der Waals surface area contributed by atoms with Gasteiger partial charge < -0.3 is 14.2 Å². The number of hydrogen-bond donors (Lipinski definition) is 0. The van der Waals surface area contributed by atoms with Crippen LogP contribution in [0.1, 0.15) is 6.92 Å². The van der Waals surface area contributed by atoms with E-state index >= 15 is 0 Å². The van der Waals surface area contributed by atoms with Crippen molar-refractivity contribution >= 4 is 11.8 Å². The Labute approximate surface area is 156 Å². The summed E-state index contributed by atoms with van der Waals surface area (Å²) in [6.45, 7) is 3.15. The molecule has 0 aliphatic carbocycles. The minimum absolute atomic E-state index is 0.539. The smallest absolute Gasteiger partial charge is 0.214 e. The minimum Gasteiger partial charge on any atom is -0.494 e. The lowest BCUT2D eigenvalue weighted by molar-refractivity contribution is 0.332. The fraction of sp³-hybridized carbons (Fsp3) is 0.278. The summed E-state index contributed by atoms with van der Waals surface area (Å²) in [5.74, 6) is 3.07. The lowest BCUT2D eigenvalue weighted by Gasteiger charge is -2.09. The average Bonchev–Trinajstić information content (AvgIpc) is 3.15. The van der Waals surface area contributed by atoms with Gasteiger partial charge in [-0.2, -0.15) is 4.68 Å². The molecular weight excluding hydrogens is 352 g/mol. The number of aromatic nitrogens is 4. The van der Waals surface area contributed by atoms with E-state index in [-0.39, 0.29) is 0 Å². The monoisotopic (exact) mass is 372 g/mol. The SMILES string of the molecule is CCOc1ccc(OCCSc2nnnn2-c2ccccc2OC)cc1. The molecule has 0 aliphatic rings. The van der Waals surface area contributed by atoms with E-state index in [9.17, 15) is 0 Å². The molecule has 0 fully saturated rings. The summed E-state index contributed by atoms with van der Waals surface area (Å²) in [6, 6.07) is 15.2. The molecule has 0 aliphatic heterocycles. The van der Waals surface area contributed by atoms with Crippen LogP contribution in [0, 0.1) is 0 Å². The van der Waals surface area contributed by atoms with Gasteiger partial charge in [-0.1, -0.05) is 23.9 Å². The van der Waals surface area contributed by atoms with Crippen LogP contribution in [-0.4, -0.2) is 46.3 Å². The highest BCUT2D eigenvalue weighted by atomic mass is 32.2. The van der Waals surface area contributed by atoms with E-state index in [1.54, 1.807) is 11.8 Å². The fourth-order valence-corrected chi connectivity index (χ4v) is 3.02. The highest BCUT2D eigenvalue weighted by molar-refractivity contribution is 7.99. The molecule has 3 aromatic rings. The van der Waals surface area contributed by atoms with Crippen molar-refractivity contribution in [3.63, 3.8) is 0 Å². The van der Waals surface area contributed by atoms with Crippen molar-refractivity contribution in [1.82, 2.24) is 20.2 Å². The van der Waals surface area contributed by atoms with Crippen LogP contribution < -0.4 is 14.2 Å². The molecule has 7 nitrogen and oxygen atoms in total. The highest BCUT2D eigenvalue weighted by Gasteiger charge is 2.12. The van der Waals surface area contributed by atoms with Crippen LogP contribution in [0.5, 0.6) is 17.2 Å². The van der Waals surface area contributed by atoms with Crippen molar-refractivity contribution in [3.8, 4) is 22.9 Å². The Balaban J connectivity index is 1.55. The highest BCUT2D eigenvalue weighted by Crippen LogP contribution is 2.25. The van der Waals surface area contributed by atoms with Crippen molar-refractivity contribution in [1.29, 1.82) is 0 Å². The number of thioether (sulfide) groups is 1. The van der Waals surface area contributed by atoms with Crippen molar-refractivity contribution in [2.45, 2.75) is 12.1 Å². The van der Waals surface area contributed by atoms with Gasteiger partial charge in [0.1, 0.15) is 22.9 Å². The van der Waals surface area contributed by atoms with E-state index in [0.717, 1.165) is 17.2 Å². The number of rotatable bonds is 9. The molecule has 26 heavy (non-hydrogen) atoms. The van der Waals surface area contributed by atoms with Gasteiger partial charge in [0.05, 0.1) is 20.3 Å². The molecule has 1 aromatic heterocycles. The summed E-state index contributed by atoms with van der Waals surface area (Å²) in [7, 11) is 1.63. The fourth-order valence-electron chi connectivity index (χ4n) is 2.32. The first-order valence-electron chi connectivity index (χ1n) is 8.22. The zero-order chi connectivity index (χ0) is 18.2. The third-order valence-corrected chi connectivity index (χ3v) is 4.36. The Morgan fingerprint density at radius 2 is 1.73 bits per heavy atom. The summed E-state index contributed by atoms with van der Waals surface area (Å²) in [4.78, 5) is 0. The second-order valence-corrected chi connectivity index (χ2v) is 6.21. The van der Waals surface area contributed by atoms with Gasteiger partial charge >= 0.3 is 0 Å². The van der Waals surface area contributed by atoms with Gasteiger partial charge in [-0.3, -0.25) is 0 Å². The summed E-state index contributed by atoms with van der Waals surface area (Å²) >= 11 is 1.52. The molecule has 8 heteroatoms. The molecule has 0 atom stereocenters. The lowest BCUT2D eigenvalue weighted by Crippen LogP contribution is -2.04. The molecule has 0 bridgehead atoms. The van der Waals surface area contributed by atoms with Gasteiger partial charge in [0.25, 0.3) is 0 Å². The average molecular weight is 372 g/mol. The second-order valence-electron chi connectivity index (χ2n) is 5.15. The molecule has 1 heterocycles. The predicted molar refractivity (Wildman–Crippen MR) is 99.5 cm³/mol. The van der Waals surface area contributed by atoms with Crippen molar-refractivity contribution in [3.05, 3.63) is 48.5 Å². The van der Waals surface area contributed by atoms with Crippen LogP contribution in [0.4, 0.5) is 0 Å². The third-order valence-electron chi connectivity index (χ3n) is 3.47. The van der Waals surface area contributed by atoms with E-state index in [2.05, 4.69) is 15.5 Å². The van der Waals surface area contributed by atoms with Crippen LogP contribution in [0.3, 0.4) is 0 Å². The first-order chi connectivity index (χ1) is 12.8. The normalized spacial score (nSPS) is 10.5. The van der Waals surface area contributed by atoms with Gasteiger partial charge in [-0.15, -0.1) is 5.10 Å². The largest absolute Gasteiger partial charge is 0.494 e. The Hall–Kier alpha value is -2.74. The zero-order valence-corrected chi connectivity index (χ0v) is 15.5. The van der Waals surface area contributed by atoms with Gasteiger partial charge in [-0.05, 0) is 53.7 Å². The molecule has 136 valence electrons. The quantitative estimate of drug-likeness (QED) is 0.422. The number of nitrogens with zero attached hydrogens (tertiary/aromatic N) is 4. The molecular formula is C18H20N4O3S.